The van der Waals surface area contributed by atoms with Crippen molar-refractivity contribution < 1.29 is 17.7 Å². The first-order valence-corrected chi connectivity index (χ1v) is 14.5. The van der Waals surface area contributed by atoms with Crippen LogP contribution in [0.25, 0.3) is 11.3 Å². The topological polar surface area (TPSA) is 113 Å². The number of rotatable bonds is 9. The van der Waals surface area contributed by atoms with Gasteiger partial charge in [0.15, 0.2) is 11.6 Å². The van der Waals surface area contributed by atoms with Crippen LogP contribution in [0, 0.1) is 11.6 Å². The van der Waals surface area contributed by atoms with Crippen LogP contribution >= 0.6 is 0 Å². The highest BCUT2D eigenvalue weighted by atomic mass is 32.2. The predicted molar refractivity (Wildman–Crippen MR) is 151 cm³/mol. The maximum atomic E-state index is 15.2. The first-order chi connectivity index (χ1) is 19.4. The molecule has 208 valence electrons. The van der Waals surface area contributed by atoms with Crippen molar-refractivity contribution in [1.82, 2.24) is 20.3 Å². The molecule has 0 radical (unpaired) electrons. The quantitative estimate of drug-likeness (QED) is 0.249. The van der Waals surface area contributed by atoms with Gasteiger partial charge in [-0.05, 0) is 55.3 Å². The zero-order chi connectivity index (χ0) is 28.0. The molecule has 2 unspecified atom stereocenters. The van der Waals surface area contributed by atoms with Crippen molar-refractivity contribution >= 4 is 21.6 Å². The summed E-state index contributed by atoms with van der Waals surface area (Å²) in [5, 5.41) is 6.67. The van der Waals surface area contributed by atoms with Gasteiger partial charge >= 0.3 is 0 Å². The third-order valence-corrected chi connectivity index (χ3v) is 8.21. The average Bonchev–Trinajstić information content (AvgIpc) is 2.98. The number of hydrogen-bond donors (Lipinski definition) is 3. The Morgan fingerprint density at radius 3 is 2.67 bits per heavy atom. The maximum Gasteiger partial charge on any atom is 0.228 e. The second-order valence-electron chi connectivity index (χ2n) is 9.21. The molecule has 5 rings (SSSR count). The van der Waals surface area contributed by atoms with E-state index in [2.05, 4.69) is 34.7 Å². The standard InChI is InChI=1S/C28H29F2N7O2S/c1-31-40(38,18-19-7-3-2-4-8-19)37-23-11-12-24(26(30)25(23)29)39-27-21(10-6-15-33-27)22-13-16-34-28(36-22)35-20-9-5-14-32-17-20/h2-4,6-8,10-13,15-16,20,32H,5,9,14,17-18H2,1H3,(H,31,37,38)(H,34,35,36). The van der Waals surface area contributed by atoms with Crippen LogP contribution in [0.15, 0.2) is 77.4 Å². The van der Waals surface area contributed by atoms with E-state index < -0.39 is 21.5 Å². The van der Waals surface area contributed by atoms with E-state index in [1.165, 1.54) is 25.4 Å². The van der Waals surface area contributed by atoms with Gasteiger partial charge in [0.2, 0.25) is 17.6 Å². The highest BCUT2D eigenvalue weighted by Gasteiger charge is 2.21. The van der Waals surface area contributed by atoms with Crippen LogP contribution in [-0.4, -0.2) is 45.3 Å². The van der Waals surface area contributed by atoms with Gasteiger partial charge in [0.25, 0.3) is 0 Å². The Labute approximate surface area is 231 Å². The maximum absolute atomic E-state index is 15.2. The number of nitrogens with zero attached hydrogens (tertiary/aromatic N) is 4. The number of piperidine rings is 1. The van der Waals surface area contributed by atoms with Gasteiger partial charge in [-0.2, -0.15) is 4.39 Å². The van der Waals surface area contributed by atoms with Crippen LogP contribution in [0.2, 0.25) is 0 Å². The summed E-state index contributed by atoms with van der Waals surface area (Å²) in [6.07, 6.45) is 5.17. The molecule has 0 saturated carbocycles. The lowest BCUT2D eigenvalue weighted by Gasteiger charge is -2.23. The molecule has 40 heavy (non-hydrogen) atoms. The average molecular weight is 566 g/mol. The summed E-state index contributed by atoms with van der Waals surface area (Å²) in [7, 11) is -1.74. The molecule has 1 aliphatic rings. The fraction of sp³-hybridized carbons (Fsp3) is 0.250. The Bertz CT molecular complexity index is 1590. The first-order valence-electron chi connectivity index (χ1n) is 12.8. The fourth-order valence-corrected chi connectivity index (χ4v) is 5.75. The highest BCUT2D eigenvalue weighted by molar-refractivity contribution is 7.94. The van der Waals surface area contributed by atoms with E-state index in [4.69, 9.17) is 4.74 Å². The molecule has 1 saturated heterocycles. The monoisotopic (exact) mass is 565 g/mol. The molecule has 3 N–H and O–H groups in total. The SMILES string of the molecule is CN=S(=O)(Cc1ccccc1)Nc1ccc(Oc2ncccc2-c2ccnc(NC3CCCNC3)n2)c(F)c1F. The van der Waals surface area contributed by atoms with E-state index in [-0.39, 0.29) is 29.1 Å². The Kier molecular flexibility index (Phi) is 8.46. The van der Waals surface area contributed by atoms with Crippen molar-refractivity contribution in [3.05, 3.63) is 90.3 Å². The van der Waals surface area contributed by atoms with Crippen LogP contribution < -0.4 is 20.1 Å². The minimum atomic E-state index is -3.11. The fourth-order valence-electron chi connectivity index (χ4n) is 4.31. The molecule has 4 aromatic rings. The van der Waals surface area contributed by atoms with E-state index >= 15 is 8.78 Å². The molecule has 0 bridgehead atoms. The summed E-state index contributed by atoms with van der Waals surface area (Å²) in [6.45, 7) is 1.81. The molecule has 2 aromatic heterocycles. The molecule has 1 fully saturated rings. The summed E-state index contributed by atoms with van der Waals surface area (Å²) in [4.78, 5) is 13.1. The van der Waals surface area contributed by atoms with E-state index in [1.807, 2.05) is 6.07 Å². The Morgan fingerprint density at radius 1 is 1.05 bits per heavy atom. The number of halogens is 2. The lowest BCUT2D eigenvalue weighted by molar-refractivity contribution is 0.407. The van der Waals surface area contributed by atoms with E-state index in [9.17, 15) is 4.21 Å². The van der Waals surface area contributed by atoms with Crippen molar-refractivity contribution in [1.29, 1.82) is 0 Å². The molecule has 1 aliphatic heterocycles. The van der Waals surface area contributed by atoms with E-state index in [1.54, 1.807) is 48.7 Å². The lowest BCUT2D eigenvalue weighted by Crippen LogP contribution is -2.38. The van der Waals surface area contributed by atoms with Gasteiger partial charge in [-0.25, -0.2) is 27.9 Å². The molecule has 3 heterocycles. The number of aromatic nitrogens is 3. The van der Waals surface area contributed by atoms with Crippen LogP contribution in [0.4, 0.5) is 20.4 Å². The van der Waals surface area contributed by atoms with E-state index in [0.717, 1.165) is 31.5 Å². The number of anilines is 2. The van der Waals surface area contributed by atoms with Crippen molar-refractivity contribution in [2.45, 2.75) is 24.6 Å². The third-order valence-electron chi connectivity index (χ3n) is 6.36. The summed E-state index contributed by atoms with van der Waals surface area (Å²) in [5.74, 6) is -2.36. The molecular weight excluding hydrogens is 536 g/mol. The normalized spacial score (nSPS) is 16.5. The second kappa shape index (κ2) is 12.3. The third kappa shape index (κ3) is 6.52. The summed E-state index contributed by atoms with van der Waals surface area (Å²) < 4.78 is 55.8. The van der Waals surface area contributed by atoms with Crippen LogP contribution in [0.1, 0.15) is 18.4 Å². The zero-order valence-electron chi connectivity index (χ0n) is 21.8. The van der Waals surface area contributed by atoms with Gasteiger partial charge in [-0.15, -0.1) is 0 Å². The molecule has 2 aromatic carbocycles. The molecular formula is C28H29F2N7O2S. The van der Waals surface area contributed by atoms with Crippen molar-refractivity contribution in [2.75, 3.05) is 30.2 Å². The molecule has 12 heteroatoms. The van der Waals surface area contributed by atoms with Gasteiger partial charge in [-0.3, -0.25) is 4.72 Å². The molecule has 0 aliphatic carbocycles. The minimum Gasteiger partial charge on any atom is -0.435 e. The Hall–Kier alpha value is -4.16. The summed E-state index contributed by atoms with van der Waals surface area (Å²) >= 11 is 0. The second-order valence-corrected chi connectivity index (χ2v) is 11.3. The summed E-state index contributed by atoms with van der Waals surface area (Å²) in [5.41, 5.74) is 1.44. The molecule has 0 amide bonds. The summed E-state index contributed by atoms with van der Waals surface area (Å²) in [6, 6.07) is 16.8. The van der Waals surface area contributed by atoms with Crippen LogP contribution in [-0.2, 0) is 15.7 Å². The lowest BCUT2D eigenvalue weighted by atomic mass is 10.1. The highest BCUT2D eigenvalue weighted by Crippen LogP contribution is 2.34. The molecule has 9 nitrogen and oxygen atoms in total. The van der Waals surface area contributed by atoms with Gasteiger partial charge < -0.3 is 15.4 Å². The number of benzene rings is 2. The number of pyridine rings is 1. The molecule has 0 spiro atoms. The van der Waals surface area contributed by atoms with Gasteiger partial charge in [0.05, 0.1) is 22.7 Å². The number of ether oxygens (including phenoxy) is 1. The Morgan fingerprint density at radius 2 is 1.90 bits per heavy atom. The van der Waals surface area contributed by atoms with Crippen LogP contribution in [0.5, 0.6) is 11.6 Å². The van der Waals surface area contributed by atoms with Crippen LogP contribution in [0.3, 0.4) is 0 Å². The van der Waals surface area contributed by atoms with Crippen molar-refractivity contribution in [3.8, 4) is 22.9 Å². The van der Waals surface area contributed by atoms with Gasteiger partial charge in [-0.1, -0.05) is 30.3 Å². The number of hydrogen-bond acceptors (Lipinski definition) is 8. The van der Waals surface area contributed by atoms with Gasteiger partial charge in [0.1, 0.15) is 9.92 Å². The molecule has 2 atom stereocenters. The number of nitrogens with one attached hydrogen (secondary N) is 3. The predicted octanol–water partition coefficient (Wildman–Crippen LogP) is 5.40. The largest absolute Gasteiger partial charge is 0.435 e. The Balaban J connectivity index is 1.36. The van der Waals surface area contributed by atoms with Crippen molar-refractivity contribution in [3.63, 3.8) is 0 Å². The first kappa shape index (κ1) is 27.4. The zero-order valence-corrected chi connectivity index (χ0v) is 22.6. The van der Waals surface area contributed by atoms with E-state index in [0.29, 0.717) is 17.2 Å². The smallest absolute Gasteiger partial charge is 0.228 e. The van der Waals surface area contributed by atoms with Gasteiger partial charge in [0, 0.05) is 32.0 Å². The van der Waals surface area contributed by atoms with Crippen molar-refractivity contribution in [2.24, 2.45) is 4.36 Å². The minimum absolute atomic E-state index is 0.0218.